The van der Waals surface area contributed by atoms with Gasteiger partial charge < -0.3 is 9.47 Å². The van der Waals surface area contributed by atoms with Gasteiger partial charge in [0.1, 0.15) is 0 Å². The molecule has 0 spiro atoms. The highest BCUT2D eigenvalue weighted by atomic mass is 19.4. The highest BCUT2D eigenvalue weighted by Crippen LogP contribution is 2.34. The average molecular weight is 351 g/mol. The Morgan fingerprint density at radius 1 is 0.960 bits per heavy atom. The molecule has 25 heavy (non-hydrogen) atoms. The molecule has 1 aliphatic rings. The molecule has 3 nitrogen and oxygen atoms in total. The molecule has 1 aliphatic heterocycles. The molecule has 0 amide bonds. The quantitative estimate of drug-likeness (QED) is 0.821. The molecule has 0 saturated carbocycles. The predicted molar refractivity (Wildman–Crippen MR) is 88.8 cm³/mol. The van der Waals surface area contributed by atoms with E-state index in [0.29, 0.717) is 12.3 Å². The second-order valence-corrected chi connectivity index (χ2v) is 6.13. The monoisotopic (exact) mass is 351 g/mol. The van der Waals surface area contributed by atoms with E-state index in [4.69, 9.17) is 9.47 Å². The highest BCUT2D eigenvalue weighted by Gasteiger charge is 2.30. The molecule has 0 unspecified atom stereocenters. The van der Waals surface area contributed by atoms with Gasteiger partial charge in [0, 0.05) is 19.6 Å². The van der Waals surface area contributed by atoms with Gasteiger partial charge in [-0.3, -0.25) is 4.90 Å². The smallest absolute Gasteiger partial charge is 0.416 e. The molecule has 2 aromatic carbocycles. The lowest BCUT2D eigenvalue weighted by molar-refractivity contribution is -0.137. The topological polar surface area (TPSA) is 21.7 Å². The van der Waals surface area contributed by atoms with Crippen LogP contribution < -0.4 is 9.47 Å². The second kappa shape index (κ2) is 6.96. The largest absolute Gasteiger partial charge is 0.493 e. The molecule has 1 heterocycles. The summed E-state index contributed by atoms with van der Waals surface area (Å²) in [4.78, 5) is 2.22. The number of hydrogen-bond donors (Lipinski definition) is 0. The van der Waals surface area contributed by atoms with E-state index in [-0.39, 0.29) is 0 Å². The average Bonchev–Trinajstić information content (AvgIpc) is 2.60. The van der Waals surface area contributed by atoms with Crippen molar-refractivity contribution in [3.05, 3.63) is 58.7 Å². The number of nitrogens with zero attached hydrogens (tertiary/aromatic N) is 1. The van der Waals surface area contributed by atoms with Crippen LogP contribution in [-0.4, -0.2) is 25.7 Å². The van der Waals surface area contributed by atoms with E-state index in [2.05, 4.69) is 4.90 Å². The summed E-state index contributed by atoms with van der Waals surface area (Å²) in [7, 11) is 3.22. The Kier molecular flexibility index (Phi) is 4.90. The molecule has 0 N–H and O–H groups in total. The van der Waals surface area contributed by atoms with E-state index in [1.807, 2.05) is 12.1 Å². The van der Waals surface area contributed by atoms with Crippen molar-refractivity contribution in [1.29, 1.82) is 0 Å². The minimum absolute atomic E-state index is 0.614. The Balaban J connectivity index is 1.72. The van der Waals surface area contributed by atoms with Crippen LogP contribution in [0.3, 0.4) is 0 Å². The number of ether oxygens (including phenoxy) is 2. The van der Waals surface area contributed by atoms with Gasteiger partial charge in [-0.25, -0.2) is 0 Å². The zero-order chi connectivity index (χ0) is 18.0. The molecule has 0 aliphatic carbocycles. The van der Waals surface area contributed by atoms with Crippen LogP contribution in [0.4, 0.5) is 13.2 Å². The molecular weight excluding hydrogens is 331 g/mol. The lowest BCUT2D eigenvalue weighted by Gasteiger charge is -2.29. The van der Waals surface area contributed by atoms with Gasteiger partial charge >= 0.3 is 6.18 Å². The maximum atomic E-state index is 12.6. The summed E-state index contributed by atoms with van der Waals surface area (Å²) >= 11 is 0. The zero-order valence-corrected chi connectivity index (χ0v) is 14.2. The molecule has 134 valence electrons. The molecule has 0 radical (unpaired) electrons. The van der Waals surface area contributed by atoms with Crippen LogP contribution >= 0.6 is 0 Å². The number of alkyl halides is 3. The summed E-state index contributed by atoms with van der Waals surface area (Å²) in [5.41, 5.74) is 2.64. The van der Waals surface area contributed by atoms with Crippen LogP contribution in [0.5, 0.6) is 11.5 Å². The van der Waals surface area contributed by atoms with Gasteiger partial charge in [0.2, 0.25) is 0 Å². The van der Waals surface area contributed by atoms with Gasteiger partial charge in [-0.2, -0.15) is 13.2 Å². The number of rotatable bonds is 4. The first-order valence-electron chi connectivity index (χ1n) is 8.03. The van der Waals surface area contributed by atoms with Crippen molar-refractivity contribution >= 4 is 0 Å². The number of fused-ring (bicyclic) bond motifs is 1. The molecule has 0 aromatic heterocycles. The first-order valence-corrected chi connectivity index (χ1v) is 8.03. The van der Waals surface area contributed by atoms with E-state index < -0.39 is 11.7 Å². The van der Waals surface area contributed by atoms with E-state index >= 15 is 0 Å². The predicted octanol–water partition coefficient (Wildman–Crippen LogP) is 4.28. The standard InChI is InChI=1S/C19H20F3NO2/c1-24-17-9-14-7-8-23(12-15(14)10-18(17)25-2)11-13-3-5-16(6-4-13)19(20,21)22/h3-6,9-10H,7-8,11-12H2,1-2H3. The van der Waals surface area contributed by atoms with Crippen LogP contribution in [0, 0.1) is 0 Å². The maximum absolute atomic E-state index is 12.6. The van der Waals surface area contributed by atoms with Crippen molar-refractivity contribution in [3.63, 3.8) is 0 Å². The first kappa shape index (κ1) is 17.6. The summed E-state index contributed by atoms with van der Waals surface area (Å²) in [6.45, 7) is 2.20. The van der Waals surface area contributed by atoms with Crippen LogP contribution in [0.1, 0.15) is 22.3 Å². The van der Waals surface area contributed by atoms with Gasteiger partial charge in [-0.15, -0.1) is 0 Å². The summed E-state index contributed by atoms with van der Waals surface area (Å²) in [6, 6.07) is 9.36. The zero-order valence-electron chi connectivity index (χ0n) is 14.2. The first-order chi connectivity index (χ1) is 11.9. The van der Waals surface area contributed by atoms with Crippen LogP contribution in [-0.2, 0) is 25.7 Å². The third-order valence-electron chi connectivity index (χ3n) is 4.48. The summed E-state index contributed by atoms with van der Waals surface area (Å²) < 4.78 is 48.6. The second-order valence-electron chi connectivity index (χ2n) is 6.13. The Labute approximate surface area is 145 Å². The Bertz CT molecular complexity index is 742. The van der Waals surface area contributed by atoms with Gasteiger partial charge in [0.05, 0.1) is 19.8 Å². The summed E-state index contributed by atoms with van der Waals surface area (Å²) in [5, 5.41) is 0. The van der Waals surface area contributed by atoms with E-state index in [9.17, 15) is 13.2 Å². The molecule has 0 saturated heterocycles. The SMILES string of the molecule is COc1cc2c(cc1OC)CN(Cc1ccc(C(F)(F)F)cc1)CC2. The maximum Gasteiger partial charge on any atom is 0.416 e. The number of halogens is 3. The minimum Gasteiger partial charge on any atom is -0.493 e. The van der Waals surface area contributed by atoms with Crippen molar-refractivity contribution in [2.75, 3.05) is 20.8 Å². The Morgan fingerprint density at radius 3 is 2.12 bits per heavy atom. The van der Waals surface area contributed by atoms with Crippen molar-refractivity contribution in [2.24, 2.45) is 0 Å². The van der Waals surface area contributed by atoms with Gasteiger partial charge in [0.25, 0.3) is 0 Å². The highest BCUT2D eigenvalue weighted by molar-refractivity contribution is 5.48. The summed E-state index contributed by atoms with van der Waals surface area (Å²) in [5.74, 6) is 1.41. The lowest BCUT2D eigenvalue weighted by atomic mass is 9.98. The van der Waals surface area contributed by atoms with Gasteiger partial charge in [0.15, 0.2) is 11.5 Å². The number of hydrogen-bond acceptors (Lipinski definition) is 3. The number of methoxy groups -OCH3 is 2. The lowest BCUT2D eigenvalue weighted by Crippen LogP contribution is -2.30. The third-order valence-corrected chi connectivity index (χ3v) is 4.48. The van der Waals surface area contributed by atoms with Crippen LogP contribution in [0.25, 0.3) is 0 Å². The van der Waals surface area contributed by atoms with E-state index in [1.54, 1.807) is 26.4 Å². The Hall–Kier alpha value is -2.21. The molecule has 2 aromatic rings. The van der Waals surface area contributed by atoms with Gasteiger partial charge in [-0.05, 0) is 47.4 Å². The molecule has 0 fully saturated rings. The summed E-state index contributed by atoms with van der Waals surface area (Å²) in [6.07, 6.45) is -3.42. The van der Waals surface area contributed by atoms with Crippen molar-refractivity contribution in [3.8, 4) is 11.5 Å². The fraction of sp³-hybridized carbons (Fsp3) is 0.368. The molecule has 0 bridgehead atoms. The third kappa shape index (κ3) is 3.90. The molecular formula is C19H20F3NO2. The van der Waals surface area contributed by atoms with Gasteiger partial charge in [-0.1, -0.05) is 12.1 Å². The fourth-order valence-corrected chi connectivity index (χ4v) is 3.13. The molecule has 3 rings (SSSR count). The minimum atomic E-state index is -4.29. The normalized spacial score (nSPS) is 14.9. The molecule has 6 heteroatoms. The van der Waals surface area contributed by atoms with Crippen molar-refractivity contribution < 1.29 is 22.6 Å². The van der Waals surface area contributed by atoms with Crippen molar-refractivity contribution in [1.82, 2.24) is 4.90 Å². The number of benzene rings is 2. The van der Waals surface area contributed by atoms with E-state index in [0.717, 1.165) is 48.5 Å². The van der Waals surface area contributed by atoms with E-state index in [1.165, 1.54) is 5.56 Å². The fourth-order valence-electron chi connectivity index (χ4n) is 3.13. The van der Waals surface area contributed by atoms with Crippen molar-refractivity contribution in [2.45, 2.75) is 25.7 Å². The molecule has 0 atom stereocenters. The Morgan fingerprint density at radius 2 is 1.56 bits per heavy atom. The van der Waals surface area contributed by atoms with Crippen LogP contribution in [0.15, 0.2) is 36.4 Å². The van der Waals surface area contributed by atoms with Crippen LogP contribution in [0.2, 0.25) is 0 Å².